The third kappa shape index (κ3) is 3.28. The fraction of sp³-hybridized carbons (Fsp3) is 0.917. The van der Waals surface area contributed by atoms with Crippen molar-refractivity contribution in [2.24, 2.45) is 5.92 Å². The molecule has 0 aromatic carbocycles. The summed E-state index contributed by atoms with van der Waals surface area (Å²) in [6.45, 7) is 4.46. The molecule has 15 heavy (non-hydrogen) atoms. The van der Waals surface area contributed by atoms with Crippen LogP contribution in [0.4, 0.5) is 0 Å². The molecule has 0 aliphatic heterocycles. The van der Waals surface area contributed by atoms with Crippen molar-refractivity contribution in [3.8, 4) is 0 Å². The molecule has 1 fully saturated rings. The highest BCUT2D eigenvalue weighted by Crippen LogP contribution is 2.26. The normalized spacial score (nSPS) is 18.7. The Balaban J connectivity index is 2.43. The Kier molecular flexibility index (Phi) is 4.29. The SMILES string of the molecule is CN(CC(=O)C1CCCC1)C(C)(C)CO. The zero-order valence-electron chi connectivity index (χ0n) is 10.1. The fourth-order valence-electron chi connectivity index (χ4n) is 1.95. The third-order valence-corrected chi connectivity index (χ3v) is 3.62. The fourth-order valence-corrected chi connectivity index (χ4v) is 1.95. The van der Waals surface area contributed by atoms with Crippen LogP contribution in [0.5, 0.6) is 0 Å². The van der Waals surface area contributed by atoms with Crippen LogP contribution < -0.4 is 0 Å². The number of carbonyl (C=O) groups is 1. The van der Waals surface area contributed by atoms with Gasteiger partial charge in [-0.3, -0.25) is 9.69 Å². The predicted octanol–water partition coefficient (Wildman–Crippen LogP) is 1.45. The van der Waals surface area contributed by atoms with Crippen LogP contribution in [0.25, 0.3) is 0 Å². The van der Waals surface area contributed by atoms with Crippen LogP contribution in [0.3, 0.4) is 0 Å². The first-order chi connectivity index (χ1) is 6.97. The van der Waals surface area contributed by atoms with E-state index in [1.54, 1.807) is 0 Å². The molecular weight excluding hydrogens is 190 g/mol. The van der Waals surface area contributed by atoms with Gasteiger partial charge in [0.15, 0.2) is 0 Å². The first kappa shape index (κ1) is 12.7. The number of carbonyl (C=O) groups excluding carboxylic acids is 1. The van der Waals surface area contributed by atoms with Gasteiger partial charge in [-0.2, -0.15) is 0 Å². The van der Waals surface area contributed by atoms with Crippen molar-refractivity contribution in [1.29, 1.82) is 0 Å². The minimum Gasteiger partial charge on any atom is -0.394 e. The second-order valence-corrected chi connectivity index (χ2v) is 5.27. The lowest BCUT2D eigenvalue weighted by atomic mass is 9.99. The van der Waals surface area contributed by atoms with E-state index in [0.717, 1.165) is 12.8 Å². The van der Waals surface area contributed by atoms with E-state index >= 15 is 0 Å². The molecule has 1 aliphatic rings. The first-order valence-electron chi connectivity index (χ1n) is 5.82. The van der Waals surface area contributed by atoms with Gasteiger partial charge >= 0.3 is 0 Å². The van der Waals surface area contributed by atoms with Gasteiger partial charge < -0.3 is 5.11 Å². The molecule has 88 valence electrons. The molecule has 1 N–H and O–H groups in total. The van der Waals surface area contributed by atoms with Gasteiger partial charge in [0.1, 0.15) is 5.78 Å². The Morgan fingerprint density at radius 3 is 2.40 bits per heavy atom. The Morgan fingerprint density at radius 2 is 1.93 bits per heavy atom. The summed E-state index contributed by atoms with van der Waals surface area (Å²) in [4.78, 5) is 13.8. The highest BCUT2D eigenvalue weighted by Gasteiger charge is 2.28. The quantitative estimate of drug-likeness (QED) is 0.751. The maximum absolute atomic E-state index is 11.9. The van der Waals surface area contributed by atoms with E-state index in [0.29, 0.717) is 12.3 Å². The smallest absolute Gasteiger partial charge is 0.149 e. The van der Waals surface area contributed by atoms with E-state index < -0.39 is 0 Å². The van der Waals surface area contributed by atoms with Gasteiger partial charge in [0, 0.05) is 11.5 Å². The predicted molar refractivity (Wildman–Crippen MR) is 60.8 cm³/mol. The third-order valence-electron chi connectivity index (χ3n) is 3.62. The standard InChI is InChI=1S/C12H23NO2/c1-12(2,9-14)13(3)8-11(15)10-6-4-5-7-10/h10,14H,4-9H2,1-3H3. The lowest BCUT2D eigenvalue weighted by Crippen LogP contribution is -2.47. The Bertz CT molecular complexity index is 220. The van der Waals surface area contributed by atoms with Crippen LogP contribution in [-0.2, 0) is 4.79 Å². The van der Waals surface area contributed by atoms with E-state index in [-0.39, 0.29) is 18.1 Å². The van der Waals surface area contributed by atoms with Crippen molar-refractivity contribution >= 4 is 5.78 Å². The van der Waals surface area contributed by atoms with Crippen molar-refractivity contribution < 1.29 is 9.90 Å². The number of hydrogen-bond donors (Lipinski definition) is 1. The van der Waals surface area contributed by atoms with Gasteiger partial charge in [-0.15, -0.1) is 0 Å². The second kappa shape index (κ2) is 5.08. The average molecular weight is 213 g/mol. The molecular formula is C12H23NO2. The summed E-state index contributed by atoms with van der Waals surface area (Å²) >= 11 is 0. The van der Waals surface area contributed by atoms with Gasteiger partial charge in [-0.05, 0) is 33.7 Å². The Labute approximate surface area is 92.5 Å². The second-order valence-electron chi connectivity index (χ2n) is 5.27. The highest BCUT2D eigenvalue weighted by molar-refractivity contribution is 5.83. The van der Waals surface area contributed by atoms with Crippen LogP contribution in [-0.4, -0.2) is 41.5 Å². The summed E-state index contributed by atoms with van der Waals surface area (Å²) in [5, 5.41) is 9.19. The molecule has 3 heteroatoms. The van der Waals surface area contributed by atoms with Gasteiger partial charge in [0.25, 0.3) is 0 Å². The average Bonchev–Trinajstić information content (AvgIpc) is 2.70. The number of likely N-dealkylation sites (N-methyl/N-ethyl adjacent to an activating group) is 1. The molecule has 1 aliphatic carbocycles. The van der Waals surface area contributed by atoms with E-state index in [1.807, 2.05) is 25.8 Å². The molecule has 3 nitrogen and oxygen atoms in total. The van der Waals surface area contributed by atoms with Gasteiger partial charge in [-0.1, -0.05) is 12.8 Å². The molecule has 1 rings (SSSR count). The molecule has 0 bridgehead atoms. The van der Waals surface area contributed by atoms with Crippen molar-refractivity contribution in [3.05, 3.63) is 0 Å². The number of Topliss-reactive ketones (excluding diaryl/α,β-unsaturated/α-hetero) is 1. The minimum absolute atomic E-state index is 0.0848. The molecule has 0 spiro atoms. The first-order valence-corrected chi connectivity index (χ1v) is 5.82. The minimum atomic E-state index is -0.297. The molecule has 1 saturated carbocycles. The van der Waals surface area contributed by atoms with Crippen LogP contribution >= 0.6 is 0 Å². The number of hydrogen-bond acceptors (Lipinski definition) is 3. The lowest BCUT2D eigenvalue weighted by molar-refractivity contribution is -0.125. The molecule has 0 aromatic heterocycles. The van der Waals surface area contributed by atoms with Crippen LogP contribution in [0.2, 0.25) is 0 Å². The number of aliphatic hydroxyl groups excluding tert-OH is 1. The largest absolute Gasteiger partial charge is 0.394 e. The van der Waals surface area contributed by atoms with E-state index in [2.05, 4.69) is 0 Å². The van der Waals surface area contributed by atoms with E-state index in [4.69, 9.17) is 0 Å². The summed E-state index contributed by atoms with van der Waals surface area (Å²) in [6, 6.07) is 0. The summed E-state index contributed by atoms with van der Waals surface area (Å²) in [5.74, 6) is 0.624. The van der Waals surface area contributed by atoms with Crippen LogP contribution in [0, 0.1) is 5.92 Å². The van der Waals surface area contributed by atoms with Crippen LogP contribution in [0.15, 0.2) is 0 Å². The van der Waals surface area contributed by atoms with Gasteiger partial charge in [0.2, 0.25) is 0 Å². The lowest BCUT2D eigenvalue weighted by Gasteiger charge is -2.33. The van der Waals surface area contributed by atoms with Crippen LogP contribution in [0.1, 0.15) is 39.5 Å². The highest BCUT2D eigenvalue weighted by atomic mass is 16.3. The Morgan fingerprint density at radius 1 is 1.40 bits per heavy atom. The summed E-state index contributed by atoms with van der Waals surface area (Å²) in [6.07, 6.45) is 4.52. The number of ketones is 1. The number of rotatable bonds is 5. The molecule has 0 radical (unpaired) electrons. The maximum atomic E-state index is 11.9. The maximum Gasteiger partial charge on any atom is 0.149 e. The van der Waals surface area contributed by atoms with Crippen molar-refractivity contribution in [2.75, 3.05) is 20.2 Å². The Hall–Kier alpha value is -0.410. The molecule has 0 saturated heterocycles. The molecule has 0 atom stereocenters. The molecule has 0 unspecified atom stereocenters. The number of nitrogens with zero attached hydrogens (tertiary/aromatic N) is 1. The van der Waals surface area contributed by atoms with Gasteiger partial charge in [0.05, 0.1) is 13.2 Å². The van der Waals surface area contributed by atoms with Crippen molar-refractivity contribution in [3.63, 3.8) is 0 Å². The van der Waals surface area contributed by atoms with Crippen molar-refractivity contribution in [1.82, 2.24) is 4.90 Å². The summed E-state index contributed by atoms with van der Waals surface area (Å²) in [5.41, 5.74) is -0.297. The van der Waals surface area contributed by atoms with Gasteiger partial charge in [-0.25, -0.2) is 0 Å². The molecule has 0 heterocycles. The summed E-state index contributed by atoms with van der Waals surface area (Å²) < 4.78 is 0. The topological polar surface area (TPSA) is 40.5 Å². The zero-order valence-corrected chi connectivity index (χ0v) is 10.1. The molecule has 0 aromatic rings. The summed E-state index contributed by atoms with van der Waals surface area (Å²) in [7, 11) is 1.91. The molecule has 0 amide bonds. The van der Waals surface area contributed by atoms with Crippen molar-refractivity contribution in [2.45, 2.75) is 45.1 Å². The monoisotopic (exact) mass is 213 g/mol. The number of aliphatic hydroxyl groups is 1. The van der Waals surface area contributed by atoms with E-state index in [9.17, 15) is 9.90 Å². The van der Waals surface area contributed by atoms with E-state index in [1.165, 1.54) is 12.8 Å². The zero-order chi connectivity index (χ0) is 11.5.